The zero-order chi connectivity index (χ0) is 23.3. The van der Waals surface area contributed by atoms with Crippen LogP contribution >= 0.6 is 0 Å². The first kappa shape index (κ1) is 22.9. The summed E-state index contributed by atoms with van der Waals surface area (Å²) in [5.74, 6) is 1.40. The Kier molecular flexibility index (Phi) is 7.00. The minimum Gasteiger partial charge on any atom is -0.325 e. The van der Waals surface area contributed by atoms with E-state index >= 15 is 0 Å². The maximum atomic E-state index is 12.5. The van der Waals surface area contributed by atoms with Crippen LogP contribution in [0.15, 0.2) is 60.0 Å². The Morgan fingerprint density at radius 1 is 1.03 bits per heavy atom. The minimum atomic E-state index is -3.77. The van der Waals surface area contributed by atoms with Gasteiger partial charge in [0.2, 0.25) is 15.9 Å². The minimum absolute atomic E-state index is 0.448. The number of aromatic nitrogens is 3. The van der Waals surface area contributed by atoms with Gasteiger partial charge in [-0.05, 0) is 55.7 Å². The first-order valence-electron chi connectivity index (χ1n) is 11.0. The van der Waals surface area contributed by atoms with Crippen LogP contribution in [0.5, 0.6) is 0 Å². The normalized spacial score (nSPS) is 15.1. The number of nitrogens with one attached hydrogen (secondary N) is 2. The van der Waals surface area contributed by atoms with E-state index in [0.29, 0.717) is 5.69 Å². The van der Waals surface area contributed by atoms with Crippen molar-refractivity contribution in [3.8, 4) is 11.4 Å². The predicted octanol–water partition coefficient (Wildman–Crippen LogP) is 3.59. The fraction of sp³-hybridized carbons (Fsp3) is 0.292. The summed E-state index contributed by atoms with van der Waals surface area (Å²) in [4.78, 5) is 12.5. The molecule has 0 saturated carbocycles. The second-order valence-corrected chi connectivity index (χ2v) is 9.66. The average Bonchev–Trinajstić information content (AvgIpc) is 3.06. The van der Waals surface area contributed by atoms with Gasteiger partial charge in [0.05, 0.1) is 6.04 Å². The van der Waals surface area contributed by atoms with E-state index in [1.807, 2.05) is 30.3 Å². The number of carbonyl (C=O) groups excluding carboxylic acids is 1. The Labute approximate surface area is 193 Å². The molecule has 2 N–H and O–H groups in total. The van der Waals surface area contributed by atoms with E-state index in [9.17, 15) is 13.2 Å². The van der Waals surface area contributed by atoms with E-state index in [2.05, 4.69) is 24.8 Å². The number of sulfonamides is 1. The molecule has 1 unspecified atom stereocenters. The summed E-state index contributed by atoms with van der Waals surface area (Å²) in [6.07, 6.45) is 5.86. The van der Waals surface area contributed by atoms with Gasteiger partial charge in [-0.3, -0.25) is 4.79 Å². The SMILES string of the molecule is CC(NS(=O)(=O)/C=C/c1ccccc1)C(=O)Nc1ccc(-c2nnc3n2CCCCC3)cc1. The van der Waals surface area contributed by atoms with Crippen molar-refractivity contribution in [1.82, 2.24) is 19.5 Å². The molecule has 172 valence electrons. The molecule has 4 rings (SSSR count). The molecular formula is C24H27N5O3S. The van der Waals surface area contributed by atoms with E-state index in [-0.39, 0.29) is 0 Å². The largest absolute Gasteiger partial charge is 0.325 e. The average molecular weight is 466 g/mol. The van der Waals surface area contributed by atoms with Crippen molar-refractivity contribution in [2.75, 3.05) is 5.32 Å². The molecule has 1 aromatic heterocycles. The van der Waals surface area contributed by atoms with E-state index in [0.717, 1.165) is 54.0 Å². The predicted molar refractivity (Wildman–Crippen MR) is 129 cm³/mol. The fourth-order valence-corrected chi connectivity index (χ4v) is 4.74. The fourth-order valence-electron chi connectivity index (χ4n) is 3.72. The van der Waals surface area contributed by atoms with Gasteiger partial charge >= 0.3 is 0 Å². The molecule has 8 nitrogen and oxygen atoms in total. The topological polar surface area (TPSA) is 106 Å². The van der Waals surface area contributed by atoms with Crippen LogP contribution in [0.4, 0.5) is 5.69 Å². The maximum Gasteiger partial charge on any atom is 0.242 e. The number of anilines is 1. The molecule has 0 fully saturated rings. The van der Waals surface area contributed by atoms with Gasteiger partial charge < -0.3 is 9.88 Å². The molecule has 1 amide bonds. The molecule has 3 aromatic rings. The first-order chi connectivity index (χ1) is 15.9. The van der Waals surface area contributed by atoms with Gasteiger partial charge in [0.15, 0.2) is 5.82 Å². The molecule has 0 aliphatic carbocycles. The van der Waals surface area contributed by atoms with Crippen LogP contribution in [0.2, 0.25) is 0 Å². The Hall–Kier alpha value is -3.30. The lowest BCUT2D eigenvalue weighted by atomic mass is 10.2. The zero-order valence-corrected chi connectivity index (χ0v) is 19.3. The molecule has 0 saturated heterocycles. The Morgan fingerprint density at radius 2 is 1.79 bits per heavy atom. The molecule has 2 heterocycles. The number of hydrogen-bond donors (Lipinski definition) is 2. The van der Waals surface area contributed by atoms with Crippen LogP contribution in [0.25, 0.3) is 17.5 Å². The number of nitrogens with zero attached hydrogens (tertiary/aromatic N) is 3. The highest BCUT2D eigenvalue weighted by molar-refractivity contribution is 7.92. The monoisotopic (exact) mass is 465 g/mol. The highest BCUT2D eigenvalue weighted by Gasteiger charge is 2.19. The Bertz CT molecular complexity index is 1230. The number of hydrogen-bond acceptors (Lipinski definition) is 5. The van der Waals surface area contributed by atoms with Crippen molar-refractivity contribution in [2.24, 2.45) is 0 Å². The van der Waals surface area contributed by atoms with Crippen molar-refractivity contribution >= 4 is 27.7 Å². The van der Waals surface area contributed by atoms with Crippen molar-refractivity contribution < 1.29 is 13.2 Å². The summed E-state index contributed by atoms with van der Waals surface area (Å²) in [5.41, 5.74) is 2.25. The summed E-state index contributed by atoms with van der Waals surface area (Å²) in [6, 6.07) is 15.5. The van der Waals surface area contributed by atoms with Crippen LogP contribution in [0.1, 0.15) is 37.6 Å². The molecule has 0 bridgehead atoms. The van der Waals surface area contributed by atoms with E-state index in [1.165, 1.54) is 19.4 Å². The molecule has 1 atom stereocenters. The number of aryl methyl sites for hydroxylation is 1. The van der Waals surface area contributed by atoms with Gasteiger partial charge in [-0.1, -0.05) is 36.8 Å². The lowest BCUT2D eigenvalue weighted by Gasteiger charge is -2.13. The molecule has 9 heteroatoms. The van der Waals surface area contributed by atoms with Crippen molar-refractivity contribution in [3.05, 3.63) is 71.4 Å². The summed E-state index contributed by atoms with van der Waals surface area (Å²) in [5, 5.41) is 12.5. The molecule has 33 heavy (non-hydrogen) atoms. The van der Waals surface area contributed by atoms with Crippen molar-refractivity contribution in [1.29, 1.82) is 0 Å². The molecule has 2 aromatic carbocycles. The molecule has 0 spiro atoms. The smallest absolute Gasteiger partial charge is 0.242 e. The van der Waals surface area contributed by atoms with Crippen LogP contribution in [-0.2, 0) is 27.8 Å². The number of rotatable bonds is 7. The molecular weight excluding hydrogens is 438 g/mol. The third kappa shape index (κ3) is 5.94. The molecule has 1 aliphatic heterocycles. The number of benzene rings is 2. The first-order valence-corrected chi connectivity index (χ1v) is 12.5. The third-order valence-corrected chi connectivity index (χ3v) is 6.67. The highest BCUT2D eigenvalue weighted by Crippen LogP contribution is 2.24. The van der Waals surface area contributed by atoms with Gasteiger partial charge in [-0.25, -0.2) is 8.42 Å². The maximum absolute atomic E-state index is 12.5. The van der Waals surface area contributed by atoms with E-state index < -0.39 is 22.0 Å². The number of carbonyl (C=O) groups is 1. The summed E-state index contributed by atoms with van der Waals surface area (Å²) in [6.45, 7) is 2.41. The van der Waals surface area contributed by atoms with Gasteiger partial charge in [0.25, 0.3) is 0 Å². The van der Waals surface area contributed by atoms with Crippen molar-refractivity contribution in [2.45, 2.75) is 45.2 Å². The Balaban J connectivity index is 1.37. The lowest BCUT2D eigenvalue weighted by molar-refractivity contribution is -0.117. The summed E-state index contributed by atoms with van der Waals surface area (Å²) >= 11 is 0. The van der Waals surface area contributed by atoms with Crippen LogP contribution in [0.3, 0.4) is 0 Å². The van der Waals surface area contributed by atoms with Gasteiger partial charge in [0.1, 0.15) is 5.82 Å². The zero-order valence-electron chi connectivity index (χ0n) is 18.4. The van der Waals surface area contributed by atoms with E-state index in [1.54, 1.807) is 24.3 Å². The summed E-state index contributed by atoms with van der Waals surface area (Å²) < 4.78 is 29.1. The third-order valence-electron chi connectivity index (χ3n) is 5.49. The van der Waals surface area contributed by atoms with E-state index in [4.69, 9.17) is 0 Å². The van der Waals surface area contributed by atoms with Crippen LogP contribution in [0, 0.1) is 0 Å². The highest BCUT2D eigenvalue weighted by atomic mass is 32.2. The van der Waals surface area contributed by atoms with Crippen LogP contribution < -0.4 is 10.0 Å². The molecule has 0 radical (unpaired) electrons. The van der Waals surface area contributed by atoms with Gasteiger partial charge in [-0.15, -0.1) is 10.2 Å². The van der Waals surface area contributed by atoms with Gasteiger partial charge in [0, 0.05) is 29.6 Å². The van der Waals surface area contributed by atoms with Gasteiger partial charge in [-0.2, -0.15) is 4.72 Å². The molecule has 1 aliphatic rings. The second-order valence-electron chi connectivity index (χ2n) is 8.07. The summed E-state index contributed by atoms with van der Waals surface area (Å²) in [7, 11) is -3.77. The van der Waals surface area contributed by atoms with Crippen LogP contribution in [-0.4, -0.2) is 35.1 Å². The lowest BCUT2D eigenvalue weighted by Crippen LogP contribution is -2.40. The van der Waals surface area contributed by atoms with Crippen molar-refractivity contribution in [3.63, 3.8) is 0 Å². The number of fused-ring (bicyclic) bond motifs is 1. The standard InChI is InChI=1S/C24H27N5O3S/c1-18(28-33(31,32)17-15-19-8-4-2-5-9-19)24(30)25-21-13-11-20(12-14-21)23-27-26-22-10-6-3-7-16-29(22)23/h2,4-5,8-9,11-15,17-18,28H,3,6-7,10,16H2,1H3,(H,25,30)/b17-15+. The Morgan fingerprint density at radius 3 is 2.55 bits per heavy atom. The number of amides is 1. The quantitative estimate of drug-likeness (QED) is 0.555. The second kappa shape index (κ2) is 10.1.